The molecule has 0 spiro atoms. The van der Waals surface area contributed by atoms with Crippen molar-refractivity contribution in [3.63, 3.8) is 0 Å². The molecule has 0 unspecified atom stereocenters. The summed E-state index contributed by atoms with van der Waals surface area (Å²) in [4.78, 5) is 24.4. The van der Waals surface area contributed by atoms with E-state index in [1.54, 1.807) is 25.3 Å². The summed E-state index contributed by atoms with van der Waals surface area (Å²) in [6.45, 7) is 1.79. The summed E-state index contributed by atoms with van der Waals surface area (Å²) < 4.78 is 0. The Morgan fingerprint density at radius 2 is 1.94 bits per heavy atom. The molecular weight excluding hydrogens is 234 g/mol. The predicted octanol–water partition coefficient (Wildman–Crippen LogP) is 2.03. The van der Waals surface area contributed by atoms with E-state index >= 15 is 0 Å². The fourth-order valence-electron chi connectivity index (χ4n) is 1.83. The van der Waals surface area contributed by atoms with Gasteiger partial charge in [-0.3, -0.25) is 4.79 Å². The molecule has 0 amide bonds. The van der Waals surface area contributed by atoms with Crippen LogP contribution in [0.5, 0.6) is 0 Å². The van der Waals surface area contributed by atoms with Crippen LogP contribution in [0.15, 0.2) is 30.5 Å². The molecule has 2 aromatic rings. The number of hydrogen-bond acceptors (Lipinski definition) is 3. The number of rotatable bonds is 3. The van der Waals surface area contributed by atoms with Gasteiger partial charge in [0.25, 0.3) is 5.78 Å². The Bertz CT molecular complexity index is 667. The Hall–Kier alpha value is -2.56. The summed E-state index contributed by atoms with van der Waals surface area (Å²) in [5, 5.41) is 19.2. The zero-order valence-electron chi connectivity index (χ0n) is 9.60. The highest BCUT2D eigenvalue weighted by Crippen LogP contribution is 2.24. The van der Waals surface area contributed by atoms with E-state index in [0.29, 0.717) is 11.6 Å². The number of ketones is 1. The van der Waals surface area contributed by atoms with Crippen LogP contribution in [0.2, 0.25) is 0 Å². The first kappa shape index (κ1) is 11.9. The topological polar surface area (TPSA) is 90.4 Å². The average molecular weight is 245 g/mol. The molecule has 5 heteroatoms. The fourth-order valence-corrected chi connectivity index (χ4v) is 1.83. The number of carboxylic acids is 1. The van der Waals surface area contributed by atoms with Crippen LogP contribution >= 0.6 is 0 Å². The molecule has 18 heavy (non-hydrogen) atoms. The first-order valence-corrected chi connectivity index (χ1v) is 5.25. The smallest absolute Gasteiger partial charge is 0.376 e. The second kappa shape index (κ2) is 4.37. The van der Waals surface area contributed by atoms with Gasteiger partial charge in [-0.05, 0) is 30.7 Å². The number of H-pyrrole nitrogens is 1. The molecule has 0 aliphatic heterocycles. The minimum absolute atomic E-state index is 0.344. The SMILES string of the molecule is Cc1c(/C(O)=C/C(=O)C(=O)O)ccc2[nH]ccc12. The average Bonchev–Trinajstić information content (AvgIpc) is 2.78. The lowest BCUT2D eigenvalue weighted by atomic mass is 10.0. The Balaban J connectivity index is 2.51. The number of aryl methyl sites for hydroxylation is 1. The third-order valence-corrected chi connectivity index (χ3v) is 2.76. The van der Waals surface area contributed by atoms with Crippen LogP contribution in [0, 0.1) is 6.92 Å². The number of carboxylic acid groups (broad SMARTS) is 1. The molecule has 0 aliphatic rings. The summed E-state index contributed by atoms with van der Waals surface area (Å²) >= 11 is 0. The van der Waals surface area contributed by atoms with Crippen LogP contribution in [0.4, 0.5) is 0 Å². The van der Waals surface area contributed by atoms with Crippen molar-refractivity contribution >= 4 is 28.4 Å². The van der Waals surface area contributed by atoms with Gasteiger partial charge in [0.2, 0.25) is 0 Å². The van der Waals surface area contributed by atoms with E-state index in [4.69, 9.17) is 5.11 Å². The Labute approximate surface area is 102 Å². The van der Waals surface area contributed by atoms with Crippen molar-refractivity contribution in [2.75, 3.05) is 0 Å². The third kappa shape index (κ3) is 1.98. The highest BCUT2D eigenvalue weighted by Gasteiger charge is 2.13. The highest BCUT2D eigenvalue weighted by molar-refractivity contribution is 6.38. The number of aliphatic hydroxyl groups is 1. The summed E-state index contributed by atoms with van der Waals surface area (Å²) in [7, 11) is 0. The Morgan fingerprint density at radius 3 is 2.61 bits per heavy atom. The molecule has 0 atom stereocenters. The molecular formula is C13H11NO4. The number of aliphatic hydroxyl groups excluding tert-OH is 1. The molecule has 0 aliphatic carbocycles. The van der Waals surface area contributed by atoms with Gasteiger partial charge in [0, 0.05) is 28.7 Å². The molecule has 3 N–H and O–H groups in total. The predicted molar refractivity (Wildman–Crippen MR) is 66.3 cm³/mol. The first-order valence-electron chi connectivity index (χ1n) is 5.25. The van der Waals surface area contributed by atoms with Crippen molar-refractivity contribution in [2.24, 2.45) is 0 Å². The fraction of sp³-hybridized carbons (Fsp3) is 0.0769. The van der Waals surface area contributed by atoms with Gasteiger partial charge in [0.1, 0.15) is 5.76 Å². The largest absolute Gasteiger partial charge is 0.507 e. The molecule has 1 aromatic heterocycles. The van der Waals surface area contributed by atoms with Crippen molar-refractivity contribution in [1.29, 1.82) is 0 Å². The van der Waals surface area contributed by atoms with E-state index in [-0.39, 0.29) is 5.76 Å². The monoisotopic (exact) mass is 245 g/mol. The number of fused-ring (bicyclic) bond motifs is 1. The normalized spacial score (nSPS) is 11.7. The second-order valence-electron chi connectivity index (χ2n) is 3.88. The lowest BCUT2D eigenvalue weighted by Gasteiger charge is -2.05. The number of aromatic nitrogens is 1. The summed E-state index contributed by atoms with van der Waals surface area (Å²) in [5.74, 6) is -3.09. The van der Waals surface area contributed by atoms with Crippen LogP contribution in [-0.4, -0.2) is 26.9 Å². The van der Waals surface area contributed by atoms with E-state index in [1.807, 2.05) is 6.07 Å². The number of hydrogen-bond donors (Lipinski definition) is 3. The van der Waals surface area contributed by atoms with E-state index in [0.717, 1.165) is 16.5 Å². The van der Waals surface area contributed by atoms with Crippen molar-refractivity contribution in [3.8, 4) is 0 Å². The number of nitrogens with one attached hydrogen (secondary N) is 1. The minimum Gasteiger partial charge on any atom is -0.507 e. The Morgan fingerprint density at radius 1 is 1.22 bits per heavy atom. The molecule has 0 saturated heterocycles. The van der Waals surface area contributed by atoms with Crippen LogP contribution in [0.25, 0.3) is 16.7 Å². The van der Waals surface area contributed by atoms with Crippen molar-refractivity contribution in [3.05, 3.63) is 41.6 Å². The lowest BCUT2D eigenvalue weighted by Crippen LogP contribution is -2.09. The van der Waals surface area contributed by atoms with Gasteiger partial charge in [-0.15, -0.1) is 0 Å². The molecule has 0 saturated carbocycles. The molecule has 1 heterocycles. The molecule has 0 bridgehead atoms. The highest BCUT2D eigenvalue weighted by atomic mass is 16.4. The summed E-state index contributed by atoms with van der Waals surface area (Å²) in [5.41, 5.74) is 2.13. The molecule has 1 aromatic carbocycles. The van der Waals surface area contributed by atoms with Crippen LogP contribution in [-0.2, 0) is 9.59 Å². The second-order valence-corrected chi connectivity index (χ2v) is 3.88. The molecule has 0 radical (unpaired) electrons. The minimum atomic E-state index is -1.60. The van der Waals surface area contributed by atoms with Crippen molar-refractivity contribution in [1.82, 2.24) is 4.98 Å². The van der Waals surface area contributed by atoms with Crippen LogP contribution in [0.1, 0.15) is 11.1 Å². The lowest BCUT2D eigenvalue weighted by molar-refractivity contribution is -0.146. The summed E-state index contributed by atoms with van der Waals surface area (Å²) in [6, 6.07) is 5.24. The van der Waals surface area contributed by atoms with Gasteiger partial charge in [0.15, 0.2) is 0 Å². The molecule has 5 nitrogen and oxygen atoms in total. The number of aromatic amines is 1. The van der Waals surface area contributed by atoms with Crippen molar-refractivity contribution in [2.45, 2.75) is 6.92 Å². The number of benzene rings is 1. The zero-order chi connectivity index (χ0) is 13.3. The summed E-state index contributed by atoms with van der Waals surface area (Å²) in [6.07, 6.45) is 2.48. The standard InChI is InChI=1S/C13H11NO4/c1-7-8-4-5-14-10(8)3-2-9(7)11(15)6-12(16)13(17)18/h2-6,14-15H,1H3,(H,17,18)/b11-6-. The van der Waals surface area contributed by atoms with Crippen LogP contribution in [0.3, 0.4) is 0 Å². The molecule has 92 valence electrons. The van der Waals surface area contributed by atoms with E-state index in [9.17, 15) is 14.7 Å². The number of carbonyl (C=O) groups excluding carboxylic acids is 1. The van der Waals surface area contributed by atoms with Crippen LogP contribution < -0.4 is 0 Å². The van der Waals surface area contributed by atoms with Gasteiger partial charge in [-0.1, -0.05) is 0 Å². The Kier molecular flexibility index (Phi) is 2.89. The maximum Gasteiger partial charge on any atom is 0.376 e. The van der Waals surface area contributed by atoms with E-state index in [1.165, 1.54) is 0 Å². The maximum absolute atomic E-state index is 11.0. The maximum atomic E-state index is 11.0. The van der Waals surface area contributed by atoms with E-state index < -0.39 is 11.8 Å². The van der Waals surface area contributed by atoms with Gasteiger partial charge >= 0.3 is 5.97 Å². The van der Waals surface area contributed by atoms with Gasteiger partial charge in [0.05, 0.1) is 0 Å². The number of aliphatic carboxylic acids is 1. The van der Waals surface area contributed by atoms with E-state index in [2.05, 4.69) is 4.98 Å². The quantitative estimate of drug-likeness (QED) is 0.438. The number of carbonyl (C=O) groups is 2. The van der Waals surface area contributed by atoms with Crippen molar-refractivity contribution < 1.29 is 19.8 Å². The molecule has 2 rings (SSSR count). The molecule has 0 fully saturated rings. The first-order chi connectivity index (χ1) is 8.50. The third-order valence-electron chi connectivity index (χ3n) is 2.76. The van der Waals surface area contributed by atoms with Gasteiger partial charge < -0.3 is 15.2 Å². The zero-order valence-corrected chi connectivity index (χ0v) is 9.60. The van der Waals surface area contributed by atoms with Gasteiger partial charge in [-0.25, -0.2) is 4.79 Å². The van der Waals surface area contributed by atoms with Gasteiger partial charge in [-0.2, -0.15) is 0 Å².